The van der Waals surface area contributed by atoms with Gasteiger partial charge in [0.15, 0.2) is 5.13 Å². The summed E-state index contributed by atoms with van der Waals surface area (Å²) in [5.41, 5.74) is 6.40. The zero-order chi connectivity index (χ0) is 13.9. The maximum absolute atomic E-state index is 11.1. The van der Waals surface area contributed by atoms with Crippen LogP contribution in [-0.2, 0) is 0 Å². The van der Waals surface area contributed by atoms with E-state index in [9.17, 15) is 4.79 Å². The second kappa shape index (κ2) is 5.46. The van der Waals surface area contributed by atoms with Crippen molar-refractivity contribution >= 4 is 28.1 Å². The fourth-order valence-electron chi connectivity index (χ4n) is 2.22. The molecule has 1 aliphatic heterocycles. The first-order valence-electron chi connectivity index (χ1n) is 6.39. The van der Waals surface area contributed by atoms with E-state index in [1.165, 1.54) is 11.3 Å². The normalized spacial score (nSPS) is 15.4. The van der Waals surface area contributed by atoms with E-state index in [4.69, 9.17) is 5.73 Å². The van der Waals surface area contributed by atoms with Gasteiger partial charge in [-0.3, -0.25) is 9.78 Å². The fraction of sp³-hybridized carbons (Fsp3) is 0.308. The summed E-state index contributed by atoms with van der Waals surface area (Å²) in [6.07, 6.45) is 5.21. The Labute approximate surface area is 120 Å². The lowest BCUT2D eigenvalue weighted by atomic mass is 10.3. The quantitative estimate of drug-likeness (QED) is 0.911. The number of rotatable bonds is 3. The largest absolute Gasteiger partial charge is 0.367 e. The molecule has 1 saturated heterocycles. The van der Waals surface area contributed by atoms with E-state index < -0.39 is 5.91 Å². The molecule has 0 bridgehead atoms. The lowest BCUT2D eigenvalue weighted by Crippen LogP contribution is -2.46. The van der Waals surface area contributed by atoms with Crippen LogP contribution in [0.4, 0.5) is 10.8 Å². The highest BCUT2D eigenvalue weighted by atomic mass is 32.1. The van der Waals surface area contributed by atoms with Crippen molar-refractivity contribution in [1.29, 1.82) is 0 Å². The minimum atomic E-state index is -0.414. The molecule has 0 spiro atoms. The molecule has 3 rings (SSSR count). The number of primary amides is 1. The van der Waals surface area contributed by atoms with Crippen molar-refractivity contribution in [3.8, 4) is 0 Å². The molecule has 1 fully saturated rings. The predicted molar refractivity (Wildman–Crippen MR) is 79.3 cm³/mol. The highest BCUT2D eigenvalue weighted by molar-refractivity contribution is 7.17. The van der Waals surface area contributed by atoms with Crippen molar-refractivity contribution in [2.75, 3.05) is 36.0 Å². The third-order valence-electron chi connectivity index (χ3n) is 3.30. The number of carbonyl (C=O) groups excluding carboxylic acids is 1. The Balaban J connectivity index is 1.65. The summed E-state index contributed by atoms with van der Waals surface area (Å²) in [6, 6.07) is 4.01. The molecule has 3 heterocycles. The van der Waals surface area contributed by atoms with Gasteiger partial charge in [-0.05, 0) is 12.1 Å². The van der Waals surface area contributed by atoms with E-state index in [1.807, 2.05) is 12.3 Å². The number of hydrogen-bond donors (Lipinski definition) is 1. The van der Waals surface area contributed by atoms with Crippen molar-refractivity contribution in [2.24, 2.45) is 5.73 Å². The van der Waals surface area contributed by atoms with Crippen LogP contribution in [-0.4, -0.2) is 42.1 Å². The van der Waals surface area contributed by atoms with E-state index in [0.717, 1.165) is 37.0 Å². The summed E-state index contributed by atoms with van der Waals surface area (Å²) in [5.74, 6) is -0.414. The number of pyridine rings is 1. The third-order valence-corrected chi connectivity index (χ3v) is 4.37. The standard InChI is InChI=1S/C13H15N5OS/c14-12(19)11-9-16-13(20-11)18-6-4-17(5-7-18)10-2-1-3-15-8-10/h1-3,8-9H,4-7H2,(H2,14,19). The van der Waals surface area contributed by atoms with Crippen LogP contribution in [0.2, 0.25) is 0 Å². The van der Waals surface area contributed by atoms with E-state index in [1.54, 1.807) is 12.4 Å². The Morgan fingerprint density at radius 3 is 2.55 bits per heavy atom. The fourth-order valence-corrected chi connectivity index (χ4v) is 3.04. The molecule has 2 aromatic heterocycles. The summed E-state index contributed by atoms with van der Waals surface area (Å²) in [5, 5.41) is 0.865. The molecule has 6 nitrogen and oxygen atoms in total. The second-order valence-corrected chi connectivity index (χ2v) is 5.57. The van der Waals surface area contributed by atoms with Gasteiger partial charge in [0.1, 0.15) is 4.88 Å². The van der Waals surface area contributed by atoms with E-state index >= 15 is 0 Å². The molecule has 7 heteroatoms. The van der Waals surface area contributed by atoms with Crippen LogP contribution in [0.5, 0.6) is 0 Å². The van der Waals surface area contributed by atoms with Gasteiger partial charge in [-0.2, -0.15) is 0 Å². The molecule has 0 atom stereocenters. The summed E-state index contributed by atoms with van der Waals surface area (Å²) < 4.78 is 0. The minimum Gasteiger partial charge on any atom is -0.367 e. The lowest BCUT2D eigenvalue weighted by molar-refractivity contribution is 0.100. The molecule has 0 radical (unpaired) electrons. The van der Waals surface area contributed by atoms with Gasteiger partial charge in [0.05, 0.1) is 18.1 Å². The van der Waals surface area contributed by atoms with Crippen LogP contribution < -0.4 is 15.5 Å². The van der Waals surface area contributed by atoms with Crippen molar-refractivity contribution in [3.05, 3.63) is 35.6 Å². The number of thiazole rings is 1. The number of piperazine rings is 1. The topological polar surface area (TPSA) is 75.4 Å². The van der Waals surface area contributed by atoms with Gasteiger partial charge in [-0.25, -0.2) is 4.98 Å². The van der Waals surface area contributed by atoms with E-state index in [2.05, 4.69) is 25.8 Å². The van der Waals surface area contributed by atoms with Gasteiger partial charge in [0, 0.05) is 32.4 Å². The molecular formula is C13H15N5OS. The smallest absolute Gasteiger partial charge is 0.260 e. The molecule has 0 aromatic carbocycles. The van der Waals surface area contributed by atoms with Gasteiger partial charge in [0.2, 0.25) is 0 Å². The van der Waals surface area contributed by atoms with Crippen LogP contribution in [0.15, 0.2) is 30.7 Å². The van der Waals surface area contributed by atoms with Crippen molar-refractivity contribution in [3.63, 3.8) is 0 Å². The van der Waals surface area contributed by atoms with Gasteiger partial charge < -0.3 is 15.5 Å². The zero-order valence-corrected chi connectivity index (χ0v) is 11.7. The molecule has 104 valence electrons. The maximum atomic E-state index is 11.1. The predicted octanol–water partition coefficient (Wildman–Crippen LogP) is 0.964. The van der Waals surface area contributed by atoms with Gasteiger partial charge in [-0.1, -0.05) is 11.3 Å². The lowest BCUT2D eigenvalue weighted by Gasteiger charge is -2.35. The Morgan fingerprint density at radius 1 is 1.20 bits per heavy atom. The van der Waals surface area contributed by atoms with Crippen LogP contribution in [0, 0.1) is 0 Å². The number of nitrogens with zero attached hydrogens (tertiary/aromatic N) is 4. The monoisotopic (exact) mass is 289 g/mol. The number of anilines is 2. The Morgan fingerprint density at radius 2 is 1.95 bits per heavy atom. The maximum Gasteiger partial charge on any atom is 0.260 e. The van der Waals surface area contributed by atoms with Crippen LogP contribution >= 0.6 is 11.3 Å². The molecule has 0 unspecified atom stereocenters. The summed E-state index contributed by atoms with van der Waals surface area (Å²) in [6.45, 7) is 3.58. The number of aromatic nitrogens is 2. The highest BCUT2D eigenvalue weighted by Gasteiger charge is 2.20. The zero-order valence-electron chi connectivity index (χ0n) is 10.9. The van der Waals surface area contributed by atoms with Gasteiger partial charge in [0.25, 0.3) is 5.91 Å². The van der Waals surface area contributed by atoms with Crippen LogP contribution in [0.1, 0.15) is 9.67 Å². The van der Waals surface area contributed by atoms with Crippen molar-refractivity contribution in [2.45, 2.75) is 0 Å². The Bertz CT molecular complexity index is 592. The number of carbonyl (C=O) groups is 1. The molecule has 20 heavy (non-hydrogen) atoms. The molecule has 0 saturated carbocycles. The number of nitrogens with two attached hydrogens (primary N) is 1. The molecule has 0 aliphatic carbocycles. The second-order valence-electron chi connectivity index (χ2n) is 4.56. The molecule has 1 amide bonds. The van der Waals surface area contributed by atoms with Gasteiger partial charge >= 0.3 is 0 Å². The first kappa shape index (κ1) is 12.9. The molecule has 2 aromatic rings. The van der Waals surface area contributed by atoms with Crippen molar-refractivity contribution < 1.29 is 4.79 Å². The SMILES string of the molecule is NC(=O)c1cnc(N2CCN(c3cccnc3)CC2)s1. The average molecular weight is 289 g/mol. The molecule has 1 aliphatic rings. The minimum absolute atomic E-state index is 0.414. The van der Waals surface area contributed by atoms with Crippen LogP contribution in [0.3, 0.4) is 0 Å². The van der Waals surface area contributed by atoms with Crippen molar-refractivity contribution in [1.82, 2.24) is 9.97 Å². The number of hydrogen-bond acceptors (Lipinski definition) is 6. The summed E-state index contributed by atoms with van der Waals surface area (Å²) in [7, 11) is 0. The average Bonchev–Trinajstić information content (AvgIpc) is 2.98. The third kappa shape index (κ3) is 2.57. The summed E-state index contributed by atoms with van der Waals surface area (Å²) in [4.78, 5) is 24.5. The Kier molecular flexibility index (Phi) is 3.51. The molecular weight excluding hydrogens is 274 g/mol. The Hall–Kier alpha value is -2.15. The van der Waals surface area contributed by atoms with E-state index in [0.29, 0.717) is 4.88 Å². The first-order chi connectivity index (χ1) is 9.74. The summed E-state index contributed by atoms with van der Waals surface area (Å²) >= 11 is 1.35. The van der Waals surface area contributed by atoms with Gasteiger partial charge in [-0.15, -0.1) is 0 Å². The van der Waals surface area contributed by atoms with E-state index in [-0.39, 0.29) is 0 Å². The number of amides is 1. The molecule has 2 N–H and O–H groups in total. The highest BCUT2D eigenvalue weighted by Crippen LogP contribution is 2.24. The first-order valence-corrected chi connectivity index (χ1v) is 7.21. The van der Waals surface area contributed by atoms with Crippen LogP contribution in [0.25, 0.3) is 0 Å².